The van der Waals surface area contributed by atoms with Crippen LogP contribution in [0.4, 0.5) is 4.39 Å². The van der Waals surface area contributed by atoms with Gasteiger partial charge in [0.05, 0.1) is 0 Å². The molecule has 0 atom stereocenters. The van der Waals surface area contributed by atoms with Crippen molar-refractivity contribution in [1.29, 1.82) is 0 Å². The Kier molecular flexibility index (Phi) is 17.1. The predicted molar refractivity (Wildman–Crippen MR) is 282 cm³/mol. The first-order chi connectivity index (χ1) is 32.1. The van der Waals surface area contributed by atoms with Crippen molar-refractivity contribution in [2.45, 2.75) is 0 Å². The molecule has 0 bridgehead atoms. The molecule has 11 aromatic rings. The summed E-state index contributed by atoms with van der Waals surface area (Å²) in [6.07, 6.45) is 14.3. The van der Waals surface area contributed by atoms with Gasteiger partial charge in [0.2, 0.25) is 0 Å². The molecule has 0 radical (unpaired) electrons. The Bertz CT molecular complexity index is 3270. The summed E-state index contributed by atoms with van der Waals surface area (Å²) in [6.45, 7) is 0. The summed E-state index contributed by atoms with van der Waals surface area (Å²) < 4.78 is 14.8. The van der Waals surface area contributed by atoms with Crippen molar-refractivity contribution in [2.24, 2.45) is 0 Å². The van der Waals surface area contributed by atoms with Crippen LogP contribution < -0.4 is 31.8 Å². The topological polar surface area (TPSA) is 0 Å². The Morgan fingerprint density at radius 3 is 1.01 bits per heavy atom. The fourth-order valence-electron chi connectivity index (χ4n) is 8.50. The van der Waals surface area contributed by atoms with Crippen molar-refractivity contribution >= 4 is 90.8 Å². The number of halogens is 1. The molecule has 0 fully saturated rings. The minimum atomic E-state index is -1.40. The van der Waals surface area contributed by atoms with Gasteiger partial charge < -0.3 is 12.8 Å². The largest absolute Gasteiger partial charge is 1.00 e. The summed E-state index contributed by atoms with van der Waals surface area (Å²) in [4.78, 5) is 0. The molecule has 5 heteroatoms. The van der Waals surface area contributed by atoms with Crippen LogP contribution in [0.2, 0.25) is 0 Å². The molecule has 11 aromatic carbocycles. The molecule has 0 aromatic heterocycles. The molecule has 0 saturated heterocycles. The van der Waals surface area contributed by atoms with Crippen LogP contribution in [0.5, 0.6) is 0 Å². The van der Waals surface area contributed by atoms with Gasteiger partial charge in [-0.05, 0) is 104 Å². The molecule has 67 heavy (non-hydrogen) atoms. The van der Waals surface area contributed by atoms with Crippen LogP contribution in [-0.4, -0.2) is 0 Å². The van der Waals surface area contributed by atoms with Crippen molar-refractivity contribution in [3.05, 3.63) is 279 Å². The maximum Gasteiger partial charge on any atom is 1.00 e. The average molecular weight is 1260 g/mol. The van der Waals surface area contributed by atoms with Crippen molar-refractivity contribution in [3.8, 4) is 11.8 Å². The van der Waals surface area contributed by atoms with Crippen LogP contribution in [0.25, 0.3) is 43.1 Å². The molecule has 0 heterocycles. The van der Waals surface area contributed by atoms with Gasteiger partial charge in [-0.15, -0.1) is 35.4 Å². The van der Waals surface area contributed by atoms with Crippen LogP contribution in [0.15, 0.2) is 249 Å². The fourth-order valence-corrected chi connectivity index (χ4v) is 14.5. The number of rotatable bonds is 6. The van der Waals surface area contributed by atoms with Gasteiger partial charge in [-0.1, -0.05) is 158 Å². The molecule has 0 amide bonds. The van der Waals surface area contributed by atoms with E-state index in [1.54, 1.807) is 12.1 Å². The quantitative estimate of drug-likeness (QED) is 0.0512. The van der Waals surface area contributed by atoms with Crippen LogP contribution in [0, 0.1) is 30.5 Å². The standard InChI is InChI=1S/C30H23FP2.2C16H9.2Au/c31-24-21-22-29(32(25-13-5-1-6-14-25)26-15-7-2-8-16-26)30(23-24)33(27-17-9-3-10-18-27)28-19-11-4-12-20-28;2*1-2-12-7-10-16-14(11-12)9-8-13-5-3-4-6-15(13)16;;/h1-23H;2*3-11H;;/q;2*-1;2*+1/p+2. The molecule has 0 spiro atoms. The average Bonchev–Trinajstić information content (AvgIpc) is 3.38. The van der Waals surface area contributed by atoms with Crippen LogP contribution in [0.3, 0.4) is 0 Å². The molecule has 0 aliphatic carbocycles. The second-order valence-corrected chi connectivity index (χ2v) is 20.5. The first-order valence-electron chi connectivity index (χ1n) is 21.5. The number of hydrogen-bond acceptors (Lipinski definition) is 0. The van der Waals surface area contributed by atoms with Crippen molar-refractivity contribution in [3.63, 3.8) is 0 Å². The van der Waals surface area contributed by atoms with E-state index in [2.05, 4.69) is 194 Å². The van der Waals surface area contributed by atoms with Crippen LogP contribution >= 0.6 is 15.8 Å². The fraction of sp³-hybridized carbons (Fsp3) is 0. The van der Waals surface area contributed by atoms with Gasteiger partial charge >= 0.3 is 44.8 Å². The van der Waals surface area contributed by atoms with E-state index in [1.807, 2.05) is 54.6 Å². The van der Waals surface area contributed by atoms with Crippen molar-refractivity contribution in [1.82, 2.24) is 0 Å². The van der Waals surface area contributed by atoms with E-state index in [0.29, 0.717) is 0 Å². The van der Waals surface area contributed by atoms with Gasteiger partial charge in [-0.2, -0.15) is 0 Å². The van der Waals surface area contributed by atoms with E-state index in [-0.39, 0.29) is 50.6 Å². The number of benzene rings is 11. The third-order valence-corrected chi connectivity index (χ3v) is 17.4. The summed E-state index contributed by atoms with van der Waals surface area (Å²) in [5.41, 5.74) is 1.64. The molecule has 0 aliphatic rings. The van der Waals surface area contributed by atoms with E-state index in [4.69, 9.17) is 12.8 Å². The summed E-state index contributed by atoms with van der Waals surface area (Å²) in [6, 6.07) is 85.1. The zero-order valence-electron chi connectivity index (χ0n) is 36.2. The minimum Gasteiger partial charge on any atom is -0.366 e. The maximum atomic E-state index is 14.8. The zero-order valence-corrected chi connectivity index (χ0v) is 42.5. The molecule has 0 aliphatic heterocycles. The summed E-state index contributed by atoms with van der Waals surface area (Å²) >= 11 is 0. The van der Waals surface area contributed by atoms with E-state index < -0.39 is 15.8 Å². The SMILES string of the molecule is Fc1ccc([PH+](c2ccccc2)c2ccccc2)c([PH+](c2ccccc2)c2ccccc2)c1.[Au+].[Au+].[C-]#Cc1ccc2c(ccc3ccccc32)c1.[C-]#Cc1ccc2c(ccc3ccccc32)c1. The Balaban J connectivity index is 0.000000164. The second-order valence-electron chi connectivity index (χ2n) is 15.6. The van der Waals surface area contributed by atoms with Gasteiger partial charge in [0, 0.05) is 6.07 Å². The Morgan fingerprint density at radius 2 is 0.627 bits per heavy atom. The second kappa shape index (κ2) is 23.5. The Hall–Kier alpha value is -6.15. The zero-order chi connectivity index (χ0) is 44.4. The van der Waals surface area contributed by atoms with Crippen LogP contribution in [0.1, 0.15) is 11.1 Å². The number of hydrogen-bond donors (Lipinski definition) is 0. The molecule has 0 unspecified atom stereocenters. The molecular weight excluding hydrogens is 1220 g/mol. The van der Waals surface area contributed by atoms with Gasteiger partial charge in [-0.3, -0.25) is 11.8 Å². The molecule has 0 N–H and O–H groups in total. The van der Waals surface area contributed by atoms with Crippen LogP contribution in [-0.2, 0) is 44.8 Å². The monoisotopic (exact) mass is 1260 g/mol. The maximum absolute atomic E-state index is 14.8. The summed E-state index contributed by atoms with van der Waals surface area (Å²) in [7, 11) is -2.73. The van der Waals surface area contributed by atoms with E-state index in [9.17, 15) is 4.39 Å². The Labute approximate surface area is 426 Å². The van der Waals surface area contributed by atoms with E-state index in [0.717, 1.165) is 27.2 Å². The van der Waals surface area contributed by atoms with E-state index >= 15 is 0 Å². The van der Waals surface area contributed by atoms with Crippen molar-refractivity contribution < 1.29 is 49.2 Å². The smallest absolute Gasteiger partial charge is 0.366 e. The normalized spacial score (nSPS) is 10.5. The van der Waals surface area contributed by atoms with Crippen molar-refractivity contribution in [2.75, 3.05) is 0 Å². The van der Waals surface area contributed by atoms with E-state index in [1.165, 1.54) is 58.8 Å². The minimum absolute atomic E-state index is 0. The Morgan fingerprint density at radius 1 is 0.299 bits per heavy atom. The molecule has 328 valence electrons. The number of fused-ring (bicyclic) bond motifs is 6. The predicted octanol–water partition coefficient (Wildman–Crippen LogP) is 12.7. The molecule has 11 rings (SSSR count). The third-order valence-electron chi connectivity index (χ3n) is 11.5. The summed E-state index contributed by atoms with van der Waals surface area (Å²) in [5.74, 6) is 4.66. The van der Waals surface area contributed by atoms with Gasteiger partial charge in [0.15, 0.2) is 0 Å². The van der Waals surface area contributed by atoms with Gasteiger partial charge in [-0.25, -0.2) is 4.39 Å². The molecular formula is C62H43Au2FP2+2. The third kappa shape index (κ3) is 11.3. The van der Waals surface area contributed by atoms with Gasteiger partial charge in [0.1, 0.15) is 53.5 Å². The first kappa shape index (κ1) is 48.8. The first-order valence-corrected chi connectivity index (χ1v) is 24.5. The van der Waals surface area contributed by atoms with Gasteiger partial charge in [0.25, 0.3) is 0 Å². The molecule has 0 saturated carbocycles. The molecule has 0 nitrogen and oxygen atoms in total. The summed E-state index contributed by atoms with van der Waals surface area (Å²) in [5, 5.41) is 17.4.